The van der Waals surface area contributed by atoms with Crippen LogP contribution in [-0.4, -0.2) is 0 Å². The molecule has 0 aliphatic heterocycles. The Kier molecular flexibility index (Phi) is 8.05. The number of anilines is 6. The van der Waals surface area contributed by atoms with E-state index in [0.717, 1.165) is 37.1 Å². The number of fused-ring (bicyclic) bond motifs is 7. The van der Waals surface area contributed by atoms with Crippen molar-refractivity contribution in [3.63, 3.8) is 0 Å². The highest BCUT2D eigenvalue weighted by molar-refractivity contribution is 5.87. The van der Waals surface area contributed by atoms with Gasteiger partial charge in [0, 0.05) is 45.0 Å². The zero-order valence-corrected chi connectivity index (χ0v) is 33.2. The molecule has 2 nitrogen and oxygen atoms in total. The van der Waals surface area contributed by atoms with Crippen molar-refractivity contribution in [2.45, 2.75) is 50.4 Å². The fourth-order valence-electron chi connectivity index (χ4n) is 10.6. The Morgan fingerprint density at radius 2 is 0.810 bits per heavy atom. The minimum Gasteiger partial charge on any atom is -0.310 e. The SMILES string of the molecule is CC1(C)c2ccccc2-c2cc(N(c3ccccc3)c3ccc4c(c3)[C@]3(CCc5ccc(N(c6ccccc6)c6cccc(-c7ccccc7)c6)cc53)CC4)ccc21. The van der Waals surface area contributed by atoms with Gasteiger partial charge in [0.25, 0.3) is 0 Å². The molecule has 0 radical (unpaired) electrons. The van der Waals surface area contributed by atoms with Crippen molar-refractivity contribution >= 4 is 34.1 Å². The van der Waals surface area contributed by atoms with Gasteiger partial charge in [-0.25, -0.2) is 0 Å². The lowest BCUT2D eigenvalue weighted by Crippen LogP contribution is -2.22. The van der Waals surface area contributed by atoms with Crippen molar-refractivity contribution in [3.8, 4) is 22.3 Å². The second-order valence-corrected chi connectivity index (χ2v) is 16.9. The lowest BCUT2D eigenvalue weighted by Gasteiger charge is -2.32. The third kappa shape index (κ3) is 5.46. The molecule has 1 spiro atoms. The average Bonchev–Trinajstić information content (AvgIpc) is 3.91. The molecule has 3 aliphatic carbocycles. The number of hydrogen-bond acceptors (Lipinski definition) is 2. The van der Waals surface area contributed by atoms with Crippen LogP contribution >= 0.6 is 0 Å². The molecule has 11 rings (SSSR count). The maximum atomic E-state index is 2.54. The van der Waals surface area contributed by atoms with Gasteiger partial charge in [0.2, 0.25) is 0 Å². The Morgan fingerprint density at radius 1 is 0.345 bits per heavy atom. The molecule has 1 atom stereocenters. The zero-order valence-electron chi connectivity index (χ0n) is 33.2. The van der Waals surface area contributed by atoms with Crippen LogP contribution in [0.1, 0.15) is 60.1 Å². The summed E-state index contributed by atoms with van der Waals surface area (Å²) in [6.07, 6.45) is 4.45. The summed E-state index contributed by atoms with van der Waals surface area (Å²) in [5, 5.41) is 0. The van der Waals surface area contributed by atoms with E-state index in [2.05, 4.69) is 218 Å². The smallest absolute Gasteiger partial charge is 0.0468 e. The molecular formula is C56H46N2. The van der Waals surface area contributed by atoms with Crippen molar-refractivity contribution in [3.05, 3.63) is 228 Å². The molecule has 0 saturated carbocycles. The van der Waals surface area contributed by atoms with Gasteiger partial charge >= 0.3 is 0 Å². The number of hydrogen-bond donors (Lipinski definition) is 0. The molecule has 0 amide bonds. The molecule has 0 unspecified atom stereocenters. The minimum atomic E-state index is -0.0335. The van der Waals surface area contributed by atoms with E-state index in [9.17, 15) is 0 Å². The van der Waals surface area contributed by atoms with Gasteiger partial charge in [-0.05, 0) is 154 Å². The summed E-state index contributed by atoms with van der Waals surface area (Å²) in [6.45, 7) is 4.72. The maximum Gasteiger partial charge on any atom is 0.0468 e. The Balaban J connectivity index is 1.03. The highest BCUT2D eigenvalue weighted by Gasteiger charge is 2.45. The largest absolute Gasteiger partial charge is 0.310 e. The molecular weight excluding hydrogens is 701 g/mol. The number of para-hydroxylation sites is 2. The van der Waals surface area contributed by atoms with Gasteiger partial charge < -0.3 is 9.80 Å². The summed E-state index contributed by atoms with van der Waals surface area (Å²) in [5.41, 5.74) is 20.9. The van der Waals surface area contributed by atoms with E-state index in [1.54, 1.807) is 0 Å². The van der Waals surface area contributed by atoms with Crippen LogP contribution in [0.25, 0.3) is 22.3 Å². The number of nitrogens with zero attached hydrogens (tertiary/aromatic N) is 2. The van der Waals surface area contributed by atoms with Gasteiger partial charge in [-0.15, -0.1) is 0 Å². The summed E-state index contributed by atoms with van der Waals surface area (Å²) in [7, 11) is 0. The van der Waals surface area contributed by atoms with E-state index < -0.39 is 0 Å². The molecule has 0 fully saturated rings. The predicted octanol–water partition coefficient (Wildman–Crippen LogP) is 14.8. The van der Waals surface area contributed by atoms with Crippen molar-refractivity contribution in [2.24, 2.45) is 0 Å². The molecule has 3 aliphatic rings. The van der Waals surface area contributed by atoms with Gasteiger partial charge in [0.15, 0.2) is 0 Å². The summed E-state index contributed by atoms with van der Waals surface area (Å²) < 4.78 is 0. The molecule has 0 N–H and O–H groups in total. The van der Waals surface area contributed by atoms with Crippen LogP contribution in [0.15, 0.2) is 194 Å². The van der Waals surface area contributed by atoms with Crippen molar-refractivity contribution in [2.75, 3.05) is 9.80 Å². The Bertz CT molecular complexity index is 2820. The van der Waals surface area contributed by atoms with Crippen LogP contribution in [0.4, 0.5) is 34.1 Å². The summed E-state index contributed by atoms with van der Waals surface area (Å²) >= 11 is 0. The fraction of sp³-hybridized carbons (Fsp3) is 0.143. The zero-order chi connectivity index (χ0) is 38.8. The van der Waals surface area contributed by atoms with Gasteiger partial charge in [-0.3, -0.25) is 0 Å². The second-order valence-electron chi connectivity index (χ2n) is 16.9. The third-order valence-electron chi connectivity index (χ3n) is 13.4. The fourth-order valence-corrected chi connectivity index (χ4v) is 10.6. The van der Waals surface area contributed by atoms with E-state index >= 15 is 0 Å². The quantitative estimate of drug-likeness (QED) is 0.160. The van der Waals surface area contributed by atoms with Gasteiger partial charge in [0.1, 0.15) is 0 Å². The van der Waals surface area contributed by atoms with E-state index in [0.29, 0.717) is 0 Å². The molecule has 58 heavy (non-hydrogen) atoms. The number of aryl methyl sites for hydroxylation is 2. The van der Waals surface area contributed by atoms with E-state index in [-0.39, 0.29) is 10.8 Å². The first-order chi connectivity index (χ1) is 28.5. The van der Waals surface area contributed by atoms with Crippen LogP contribution in [-0.2, 0) is 23.7 Å². The van der Waals surface area contributed by atoms with Crippen LogP contribution < -0.4 is 9.80 Å². The lowest BCUT2D eigenvalue weighted by atomic mass is 9.76. The molecule has 0 aromatic heterocycles. The summed E-state index contributed by atoms with van der Waals surface area (Å²) in [4.78, 5) is 4.92. The van der Waals surface area contributed by atoms with Crippen molar-refractivity contribution < 1.29 is 0 Å². The van der Waals surface area contributed by atoms with E-state index in [1.807, 2.05) is 0 Å². The average molecular weight is 747 g/mol. The van der Waals surface area contributed by atoms with Crippen LogP contribution in [0.2, 0.25) is 0 Å². The van der Waals surface area contributed by atoms with Gasteiger partial charge in [0.05, 0.1) is 0 Å². The molecule has 0 saturated heterocycles. The molecule has 280 valence electrons. The highest BCUT2D eigenvalue weighted by Crippen LogP contribution is 2.56. The summed E-state index contributed by atoms with van der Waals surface area (Å²) in [5.74, 6) is 0. The van der Waals surface area contributed by atoms with Crippen molar-refractivity contribution in [1.82, 2.24) is 0 Å². The molecule has 8 aromatic carbocycles. The first-order valence-electron chi connectivity index (χ1n) is 20.9. The van der Waals surface area contributed by atoms with Crippen molar-refractivity contribution in [1.29, 1.82) is 0 Å². The van der Waals surface area contributed by atoms with Gasteiger partial charge in [-0.2, -0.15) is 0 Å². The molecule has 0 heterocycles. The predicted molar refractivity (Wildman–Crippen MR) is 243 cm³/mol. The normalized spacial score (nSPS) is 16.7. The Hall–Kier alpha value is -6.64. The maximum absolute atomic E-state index is 2.54. The number of rotatable bonds is 7. The molecule has 0 bridgehead atoms. The Morgan fingerprint density at radius 3 is 1.43 bits per heavy atom. The monoisotopic (exact) mass is 746 g/mol. The van der Waals surface area contributed by atoms with E-state index in [1.165, 1.54) is 78.4 Å². The summed E-state index contributed by atoms with van der Waals surface area (Å²) in [6, 6.07) is 72.2. The van der Waals surface area contributed by atoms with Gasteiger partial charge in [-0.1, -0.05) is 135 Å². The standard InChI is InChI=1S/C56H46N2/c1-55(2)51-24-13-12-23-49(51)50-36-46(29-30-52(50)55)58(44-20-10-5-11-21-44)48-28-26-41-32-34-56(54(41)38-48)33-31-40-25-27-47(37-53(40)56)57(43-18-8-4-9-19-43)45-22-14-17-42(35-45)39-15-6-3-7-16-39/h3-30,35-38H,31-34H2,1-2H3/t56-/m1/s1. The Labute approximate surface area is 342 Å². The van der Waals surface area contributed by atoms with Crippen LogP contribution in [0, 0.1) is 0 Å². The highest BCUT2D eigenvalue weighted by atomic mass is 15.1. The number of benzene rings is 8. The van der Waals surface area contributed by atoms with Crippen LogP contribution in [0.5, 0.6) is 0 Å². The first-order valence-corrected chi connectivity index (χ1v) is 20.9. The molecule has 2 heteroatoms. The third-order valence-corrected chi connectivity index (χ3v) is 13.4. The van der Waals surface area contributed by atoms with Crippen LogP contribution in [0.3, 0.4) is 0 Å². The molecule has 8 aromatic rings. The topological polar surface area (TPSA) is 6.48 Å². The second kappa shape index (κ2) is 13.5. The first kappa shape index (κ1) is 34.6. The lowest BCUT2D eigenvalue weighted by molar-refractivity contribution is 0.507. The minimum absolute atomic E-state index is 0.0303. The van der Waals surface area contributed by atoms with E-state index in [4.69, 9.17) is 0 Å².